The largest absolute Gasteiger partial charge is 0.495 e. The van der Waals surface area contributed by atoms with Crippen LogP contribution in [0.5, 0.6) is 5.75 Å². The van der Waals surface area contributed by atoms with E-state index in [1.54, 1.807) is 19.2 Å². The van der Waals surface area contributed by atoms with Gasteiger partial charge < -0.3 is 15.0 Å². The average molecular weight is 326 g/mol. The first kappa shape index (κ1) is 17.5. The van der Waals surface area contributed by atoms with Crippen LogP contribution in [0.25, 0.3) is 0 Å². The third-order valence-corrected chi connectivity index (χ3v) is 3.58. The van der Waals surface area contributed by atoms with E-state index in [0.29, 0.717) is 11.4 Å². The lowest BCUT2D eigenvalue weighted by Crippen LogP contribution is -2.36. The molecule has 2 rings (SSSR count). The SMILES string of the molecule is COc1ccccc1NC(=O)CN(C(C)=O)c1cc(C)cc(C)c1. The van der Waals surface area contributed by atoms with Crippen molar-refractivity contribution in [1.29, 1.82) is 0 Å². The van der Waals surface area contributed by atoms with Crippen LogP contribution >= 0.6 is 0 Å². The van der Waals surface area contributed by atoms with Gasteiger partial charge in [0.1, 0.15) is 12.3 Å². The lowest BCUT2D eigenvalue weighted by atomic mass is 10.1. The Kier molecular flexibility index (Phi) is 5.58. The fourth-order valence-corrected chi connectivity index (χ4v) is 2.57. The van der Waals surface area contributed by atoms with E-state index in [1.807, 2.05) is 44.2 Å². The van der Waals surface area contributed by atoms with Gasteiger partial charge in [-0.15, -0.1) is 0 Å². The Balaban J connectivity index is 2.18. The molecule has 0 unspecified atom stereocenters. The highest BCUT2D eigenvalue weighted by Crippen LogP contribution is 2.23. The van der Waals surface area contributed by atoms with Gasteiger partial charge in [-0.3, -0.25) is 9.59 Å². The predicted octanol–water partition coefficient (Wildman–Crippen LogP) is 3.30. The van der Waals surface area contributed by atoms with Crippen molar-refractivity contribution in [2.45, 2.75) is 20.8 Å². The number of nitrogens with zero attached hydrogens (tertiary/aromatic N) is 1. The van der Waals surface area contributed by atoms with Gasteiger partial charge in [-0.05, 0) is 49.2 Å². The standard InChI is InChI=1S/C19H22N2O3/c1-13-9-14(2)11-16(10-13)21(15(3)22)12-19(23)20-17-7-5-6-8-18(17)24-4/h5-11H,12H2,1-4H3,(H,20,23). The maximum absolute atomic E-state index is 12.4. The molecule has 0 saturated heterocycles. The number of aryl methyl sites for hydroxylation is 2. The van der Waals surface area contributed by atoms with Crippen molar-refractivity contribution in [3.63, 3.8) is 0 Å². The van der Waals surface area contributed by atoms with Crippen LogP contribution in [0.1, 0.15) is 18.1 Å². The quantitative estimate of drug-likeness (QED) is 0.917. The van der Waals surface area contributed by atoms with Gasteiger partial charge in [0.2, 0.25) is 11.8 Å². The molecule has 0 aliphatic carbocycles. The zero-order valence-corrected chi connectivity index (χ0v) is 14.4. The van der Waals surface area contributed by atoms with Crippen LogP contribution in [-0.4, -0.2) is 25.5 Å². The van der Waals surface area contributed by atoms with E-state index in [2.05, 4.69) is 5.32 Å². The maximum atomic E-state index is 12.4. The summed E-state index contributed by atoms with van der Waals surface area (Å²) in [5.74, 6) is 0.107. The molecule has 0 aliphatic rings. The molecular weight excluding hydrogens is 304 g/mol. The summed E-state index contributed by atoms with van der Waals surface area (Å²) in [5, 5.41) is 2.79. The molecule has 0 radical (unpaired) electrons. The second-order valence-electron chi connectivity index (χ2n) is 5.70. The van der Waals surface area contributed by atoms with Crippen LogP contribution in [0.4, 0.5) is 11.4 Å². The van der Waals surface area contributed by atoms with Crippen molar-refractivity contribution in [2.75, 3.05) is 23.9 Å². The number of ether oxygens (including phenoxy) is 1. The molecule has 24 heavy (non-hydrogen) atoms. The minimum atomic E-state index is -0.283. The van der Waals surface area contributed by atoms with E-state index >= 15 is 0 Å². The highest BCUT2D eigenvalue weighted by atomic mass is 16.5. The molecule has 0 aliphatic heterocycles. The second kappa shape index (κ2) is 7.64. The molecule has 0 fully saturated rings. The summed E-state index contributed by atoms with van der Waals surface area (Å²) in [5.41, 5.74) is 3.38. The Morgan fingerprint density at radius 2 is 1.71 bits per heavy atom. The average Bonchev–Trinajstić information content (AvgIpc) is 2.52. The van der Waals surface area contributed by atoms with Gasteiger partial charge in [0.25, 0.3) is 0 Å². The molecule has 2 amide bonds. The maximum Gasteiger partial charge on any atom is 0.244 e. The molecule has 0 saturated carbocycles. The second-order valence-corrected chi connectivity index (χ2v) is 5.70. The monoisotopic (exact) mass is 326 g/mol. The number of carbonyl (C=O) groups is 2. The van der Waals surface area contributed by atoms with E-state index in [4.69, 9.17) is 4.74 Å². The van der Waals surface area contributed by atoms with Crippen LogP contribution in [0.15, 0.2) is 42.5 Å². The number of benzene rings is 2. The zero-order valence-electron chi connectivity index (χ0n) is 14.4. The Morgan fingerprint density at radius 3 is 2.29 bits per heavy atom. The van der Waals surface area contributed by atoms with Crippen LogP contribution < -0.4 is 15.0 Å². The number of carbonyl (C=O) groups excluding carboxylic acids is 2. The summed E-state index contributed by atoms with van der Waals surface area (Å²) < 4.78 is 5.22. The Hall–Kier alpha value is -2.82. The molecule has 0 atom stereocenters. The molecule has 0 spiro atoms. The van der Waals surface area contributed by atoms with E-state index < -0.39 is 0 Å². The summed E-state index contributed by atoms with van der Waals surface area (Å²) in [7, 11) is 1.54. The number of hydrogen-bond acceptors (Lipinski definition) is 3. The van der Waals surface area contributed by atoms with Crippen LogP contribution in [-0.2, 0) is 9.59 Å². The summed E-state index contributed by atoms with van der Waals surface area (Å²) in [6.45, 7) is 5.32. The van der Waals surface area contributed by atoms with Gasteiger partial charge >= 0.3 is 0 Å². The van der Waals surface area contributed by atoms with Crippen molar-refractivity contribution >= 4 is 23.2 Å². The van der Waals surface area contributed by atoms with Crippen LogP contribution in [0, 0.1) is 13.8 Å². The summed E-state index contributed by atoms with van der Waals surface area (Å²) >= 11 is 0. The number of nitrogens with one attached hydrogen (secondary N) is 1. The normalized spacial score (nSPS) is 10.2. The Labute approximate surface area is 142 Å². The number of anilines is 2. The van der Waals surface area contributed by atoms with Crippen LogP contribution in [0.3, 0.4) is 0 Å². The summed E-state index contributed by atoms with van der Waals surface area (Å²) in [6.07, 6.45) is 0. The number of methoxy groups -OCH3 is 1. The van der Waals surface area contributed by atoms with Gasteiger partial charge in [-0.25, -0.2) is 0 Å². The van der Waals surface area contributed by atoms with Crippen molar-refractivity contribution < 1.29 is 14.3 Å². The van der Waals surface area contributed by atoms with Crippen molar-refractivity contribution in [3.05, 3.63) is 53.6 Å². The molecule has 5 nitrogen and oxygen atoms in total. The third-order valence-electron chi connectivity index (χ3n) is 3.58. The summed E-state index contributed by atoms with van der Waals surface area (Å²) in [6, 6.07) is 13.0. The first-order valence-electron chi connectivity index (χ1n) is 7.70. The molecular formula is C19H22N2O3. The predicted molar refractivity (Wildman–Crippen MR) is 95.6 cm³/mol. The highest BCUT2D eigenvalue weighted by molar-refractivity contribution is 6.02. The lowest BCUT2D eigenvalue weighted by molar-refractivity contribution is -0.120. The number of hydrogen-bond donors (Lipinski definition) is 1. The van der Waals surface area contributed by atoms with E-state index in [-0.39, 0.29) is 18.4 Å². The fraction of sp³-hybridized carbons (Fsp3) is 0.263. The van der Waals surface area contributed by atoms with Crippen molar-refractivity contribution in [2.24, 2.45) is 0 Å². The number of amides is 2. The molecule has 0 heterocycles. The lowest BCUT2D eigenvalue weighted by Gasteiger charge is -2.22. The smallest absolute Gasteiger partial charge is 0.244 e. The highest BCUT2D eigenvalue weighted by Gasteiger charge is 2.17. The fourth-order valence-electron chi connectivity index (χ4n) is 2.57. The third kappa shape index (κ3) is 4.35. The van der Waals surface area contributed by atoms with Gasteiger partial charge in [0.15, 0.2) is 0 Å². The molecule has 2 aromatic rings. The van der Waals surface area contributed by atoms with Gasteiger partial charge in [0.05, 0.1) is 12.8 Å². The minimum absolute atomic E-state index is 0.0593. The van der Waals surface area contributed by atoms with Crippen LogP contribution in [0.2, 0.25) is 0 Å². The molecule has 126 valence electrons. The van der Waals surface area contributed by atoms with Gasteiger partial charge in [-0.2, -0.15) is 0 Å². The van der Waals surface area contributed by atoms with E-state index in [1.165, 1.54) is 11.8 Å². The van der Waals surface area contributed by atoms with E-state index in [9.17, 15) is 9.59 Å². The molecule has 0 aromatic heterocycles. The first-order valence-corrected chi connectivity index (χ1v) is 7.70. The van der Waals surface area contributed by atoms with Gasteiger partial charge in [0, 0.05) is 12.6 Å². The summed E-state index contributed by atoms with van der Waals surface area (Å²) in [4.78, 5) is 25.8. The Morgan fingerprint density at radius 1 is 1.08 bits per heavy atom. The molecule has 0 bridgehead atoms. The van der Waals surface area contributed by atoms with Gasteiger partial charge in [-0.1, -0.05) is 18.2 Å². The minimum Gasteiger partial charge on any atom is -0.495 e. The molecule has 1 N–H and O–H groups in total. The number of para-hydroxylation sites is 2. The first-order chi connectivity index (χ1) is 11.4. The van der Waals surface area contributed by atoms with Crippen molar-refractivity contribution in [1.82, 2.24) is 0 Å². The topological polar surface area (TPSA) is 58.6 Å². The zero-order chi connectivity index (χ0) is 17.7. The van der Waals surface area contributed by atoms with Crippen molar-refractivity contribution in [3.8, 4) is 5.75 Å². The Bertz CT molecular complexity index is 736. The number of rotatable bonds is 5. The molecule has 2 aromatic carbocycles. The van der Waals surface area contributed by atoms with E-state index in [0.717, 1.165) is 16.8 Å². The molecule has 5 heteroatoms.